The van der Waals surface area contributed by atoms with Crippen LogP contribution in [0.15, 0.2) is 41.3 Å². The van der Waals surface area contributed by atoms with Gasteiger partial charge in [0.15, 0.2) is 9.84 Å². The van der Waals surface area contributed by atoms with Gasteiger partial charge in [0, 0.05) is 29.6 Å². The van der Waals surface area contributed by atoms with Gasteiger partial charge in [0.2, 0.25) is 0 Å². The molecule has 0 aliphatic rings. The third-order valence-corrected chi connectivity index (χ3v) is 5.30. The molecule has 0 heterocycles. The quantitative estimate of drug-likeness (QED) is 0.713. The third kappa shape index (κ3) is 3.91. The van der Waals surface area contributed by atoms with Crippen LogP contribution in [-0.2, 0) is 16.3 Å². The molecule has 0 saturated heterocycles. The molecule has 0 radical (unpaired) electrons. The van der Waals surface area contributed by atoms with E-state index in [1.807, 2.05) is 13.0 Å². The fraction of sp³-hybridized carbons (Fsp3) is 0.235. The van der Waals surface area contributed by atoms with E-state index in [-0.39, 0.29) is 10.5 Å². The zero-order chi connectivity index (χ0) is 18.1. The Balaban J connectivity index is 2.74. The maximum Gasteiger partial charge on any atom is 0.252 e. The monoisotopic (exact) mass is 385 g/mol. The molecular weight excluding hydrogens is 369 g/mol. The van der Waals surface area contributed by atoms with Crippen molar-refractivity contribution in [2.45, 2.75) is 18.2 Å². The van der Waals surface area contributed by atoms with Gasteiger partial charge in [-0.25, -0.2) is 8.42 Å². The summed E-state index contributed by atoms with van der Waals surface area (Å²) in [4.78, 5) is 13.4. The Morgan fingerprint density at radius 1 is 1.21 bits per heavy atom. The van der Waals surface area contributed by atoms with Gasteiger partial charge in [0.05, 0.1) is 10.6 Å². The predicted octanol–water partition coefficient (Wildman–Crippen LogP) is 4.45. The number of benzene rings is 2. The van der Waals surface area contributed by atoms with Crippen molar-refractivity contribution in [1.29, 1.82) is 0 Å². The standard InChI is InChI=1S/C17H17Cl2NO3S/c1-4-11-8-15(20(2)13-7-5-6-12(18)9-13)16(24(3,22)23)10-14(11)17(19)21/h5-10H,4H2,1-3H3. The van der Waals surface area contributed by atoms with Gasteiger partial charge < -0.3 is 4.90 Å². The van der Waals surface area contributed by atoms with E-state index in [4.69, 9.17) is 23.2 Å². The normalized spacial score (nSPS) is 11.4. The fourth-order valence-corrected chi connectivity index (χ4v) is 3.74. The SMILES string of the molecule is CCc1cc(N(C)c2cccc(Cl)c2)c(S(C)(=O)=O)cc1C(=O)Cl. The minimum absolute atomic E-state index is 0.0474. The van der Waals surface area contributed by atoms with Crippen LogP contribution in [0.5, 0.6) is 0 Å². The second-order valence-electron chi connectivity index (χ2n) is 5.42. The summed E-state index contributed by atoms with van der Waals surface area (Å²) in [5.74, 6) is 0. The largest absolute Gasteiger partial charge is 0.344 e. The van der Waals surface area contributed by atoms with Crippen LogP contribution < -0.4 is 4.90 Å². The highest BCUT2D eigenvalue weighted by molar-refractivity contribution is 7.90. The minimum Gasteiger partial charge on any atom is -0.344 e. The van der Waals surface area contributed by atoms with E-state index in [9.17, 15) is 13.2 Å². The van der Waals surface area contributed by atoms with Crippen LogP contribution in [0.25, 0.3) is 0 Å². The average molecular weight is 386 g/mol. The lowest BCUT2D eigenvalue weighted by atomic mass is 10.0. The zero-order valence-electron chi connectivity index (χ0n) is 13.5. The molecule has 2 aromatic carbocycles. The summed E-state index contributed by atoms with van der Waals surface area (Å²) in [6.45, 7) is 1.88. The average Bonchev–Trinajstić information content (AvgIpc) is 2.51. The van der Waals surface area contributed by atoms with Crippen molar-refractivity contribution in [1.82, 2.24) is 0 Å². The van der Waals surface area contributed by atoms with Crippen LogP contribution in [-0.4, -0.2) is 27.0 Å². The summed E-state index contributed by atoms with van der Waals surface area (Å²) in [5.41, 5.74) is 2.10. The van der Waals surface area contributed by atoms with Gasteiger partial charge in [0.1, 0.15) is 0 Å². The Labute approximate surface area is 151 Å². The first-order valence-electron chi connectivity index (χ1n) is 7.21. The first kappa shape index (κ1) is 18.8. The minimum atomic E-state index is -3.56. The van der Waals surface area contributed by atoms with Crippen molar-refractivity contribution >= 4 is 49.7 Å². The molecule has 7 heteroatoms. The molecule has 0 aliphatic heterocycles. The number of hydrogen-bond donors (Lipinski definition) is 0. The van der Waals surface area contributed by atoms with Gasteiger partial charge in [-0.3, -0.25) is 4.79 Å². The number of sulfone groups is 1. The van der Waals surface area contributed by atoms with Gasteiger partial charge in [-0.05, 0) is 53.9 Å². The van der Waals surface area contributed by atoms with Crippen LogP contribution in [0.4, 0.5) is 11.4 Å². The summed E-state index contributed by atoms with van der Waals surface area (Å²) >= 11 is 11.6. The molecule has 0 aromatic heterocycles. The second kappa shape index (κ2) is 7.13. The molecule has 0 aliphatic carbocycles. The molecule has 0 saturated carbocycles. The lowest BCUT2D eigenvalue weighted by Crippen LogP contribution is -2.15. The van der Waals surface area contributed by atoms with E-state index in [0.29, 0.717) is 22.7 Å². The van der Waals surface area contributed by atoms with Crippen LogP contribution in [0.3, 0.4) is 0 Å². The van der Waals surface area contributed by atoms with Gasteiger partial charge in [0.25, 0.3) is 5.24 Å². The predicted molar refractivity (Wildman–Crippen MR) is 98.6 cm³/mol. The molecule has 2 rings (SSSR count). The smallest absolute Gasteiger partial charge is 0.252 e. The number of carbonyl (C=O) groups is 1. The Hall–Kier alpha value is -1.56. The second-order valence-corrected chi connectivity index (χ2v) is 8.18. The number of halogens is 2. The Morgan fingerprint density at radius 2 is 1.88 bits per heavy atom. The van der Waals surface area contributed by atoms with Crippen LogP contribution in [0, 0.1) is 0 Å². The van der Waals surface area contributed by atoms with Crippen LogP contribution in [0.1, 0.15) is 22.8 Å². The van der Waals surface area contributed by atoms with E-state index in [1.165, 1.54) is 6.07 Å². The number of carbonyl (C=O) groups excluding carboxylic acids is 1. The van der Waals surface area contributed by atoms with Crippen molar-refractivity contribution in [3.05, 3.63) is 52.5 Å². The molecule has 0 amide bonds. The Bertz CT molecular complexity index is 895. The van der Waals surface area contributed by atoms with Gasteiger partial charge in [-0.2, -0.15) is 0 Å². The molecule has 0 N–H and O–H groups in total. The van der Waals surface area contributed by atoms with Crippen molar-refractivity contribution in [3.8, 4) is 0 Å². The summed E-state index contributed by atoms with van der Waals surface area (Å²) < 4.78 is 24.4. The molecule has 4 nitrogen and oxygen atoms in total. The molecule has 2 aromatic rings. The zero-order valence-corrected chi connectivity index (χ0v) is 15.8. The number of hydrogen-bond acceptors (Lipinski definition) is 4. The molecule has 0 unspecified atom stereocenters. The van der Waals surface area contributed by atoms with Crippen molar-refractivity contribution in [2.75, 3.05) is 18.2 Å². The maximum atomic E-state index is 12.2. The van der Waals surface area contributed by atoms with E-state index >= 15 is 0 Å². The van der Waals surface area contributed by atoms with Crippen molar-refractivity contribution < 1.29 is 13.2 Å². The molecule has 0 spiro atoms. The van der Waals surface area contributed by atoms with Crippen molar-refractivity contribution in [3.63, 3.8) is 0 Å². The van der Waals surface area contributed by atoms with E-state index < -0.39 is 15.1 Å². The molecule has 24 heavy (non-hydrogen) atoms. The highest BCUT2D eigenvalue weighted by Crippen LogP contribution is 2.34. The van der Waals surface area contributed by atoms with Crippen LogP contribution >= 0.6 is 23.2 Å². The highest BCUT2D eigenvalue weighted by Gasteiger charge is 2.22. The van der Waals surface area contributed by atoms with Gasteiger partial charge in [-0.15, -0.1) is 0 Å². The topological polar surface area (TPSA) is 54.5 Å². The first-order valence-corrected chi connectivity index (χ1v) is 9.86. The number of aryl methyl sites for hydroxylation is 1. The number of anilines is 2. The van der Waals surface area contributed by atoms with Crippen LogP contribution in [0.2, 0.25) is 5.02 Å². The van der Waals surface area contributed by atoms with E-state index in [1.54, 1.807) is 36.2 Å². The Kier molecular flexibility index (Phi) is 5.58. The molecule has 0 atom stereocenters. The van der Waals surface area contributed by atoms with Gasteiger partial charge in [-0.1, -0.05) is 24.6 Å². The lowest BCUT2D eigenvalue weighted by molar-refractivity contribution is 0.108. The first-order chi connectivity index (χ1) is 11.1. The highest BCUT2D eigenvalue weighted by atomic mass is 35.5. The summed E-state index contributed by atoms with van der Waals surface area (Å²) in [6, 6.07) is 10.1. The summed E-state index contributed by atoms with van der Waals surface area (Å²) in [7, 11) is -1.82. The van der Waals surface area contributed by atoms with E-state index in [0.717, 1.165) is 11.9 Å². The lowest BCUT2D eigenvalue weighted by Gasteiger charge is -2.24. The van der Waals surface area contributed by atoms with E-state index in [2.05, 4.69) is 0 Å². The summed E-state index contributed by atoms with van der Waals surface area (Å²) in [6.07, 6.45) is 1.65. The molecule has 0 bridgehead atoms. The number of rotatable bonds is 5. The summed E-state index contributed by atoms with van der Waals surface area (Å²) in [5, 5.41) is -0.128. The maximum absolute atomic E-state index is 12.2. The Morgan fingerprint density at radius 3 is 2.38 bits per heavy atom. The molecule has 0 fully saturated rings. The third-order valence-electron chi connectivity index (χ3n) is 3.73. The molecular formula is C17H17Cl2NO3S. The fourth-order valence-electron chi connectivity index (χ4n) is 2.47. The molecule has 128 valence electrons. The van der Waals surface area contributed by atoms with Gasteiger partial charge >= 0.3 is 0 Å². The van der Waals surface area contributed by atoms with Crippen molar-refractivity contribution in [2.24, 2.45) is 0 Å². The number of nitrogens with zero attached hydrogens (tertiary/aromatic N) is 1.